The highest BCUT2D eigenvalue weighted by Crippen LogP contribution is 2.40. The van der Waals surface area contributed by atoms with Crippen molar-refractivity contribution in [3.63, 3.8) is 0 Å². The summed E-state index contributed by atoms with van der Waals surface area (Å²) in [4.78, 5) is 14.4. The molecule has 0 saturated carbocycles. The molecule has 1 aliphatic heterocycles. The quantitative estimate of drug-likeness (QED) is 0.413. The molecule has 1 aliphatic rings. The summed E-state index contributed by atoms with van der Waals surface area (Å²) < 4.78 is 15.6. The number of hydrogen-bond donors (Lipinski definition) is 0. The van der Waals surface area contributed by atoms with E-state index in [2.05, 4.69) is 19.7 Å². The van der Waals surface area contributed by atoms with Gasteiger partial charge in [-0.05, 0) is 18.1 Å². The first kappa shape index (κ1) is 22.3. The molecular weight excluding hydrogens is 342 g/mol. The minimum Gasteiger partial charge on any atom is -0.497 e. The fraction of sp³-hybridized carbons (Fsp3) is 0.318. The standard InChI is InChI=1S/C20H25NO4.C2H4/c1-14-8-6-7-9-16(14)19-17(15(2)24-4)12-21(10-11-23-3)13-18(19)20(22)25-5;1-2/h6-9,12-13,19H,2,10-11H2,1,3-5H3;1-2H2. The molecule has 5 nitrogen and oxygen atoms in total. The molecule has 27 heavy (non-hydrogen) atoms. The van der Waals surface area contributed by atoms with Crippen LogP contribution in [0.2, 0.25) is 0 Å². The third kappa shape index (κ3) is 5.34. The number of carbonyl (C=O) groups excluding carboxylic acids is 1. The van der Waals surface area contributed by atoms with E-state index < -0.39 is 0 Å². The van der Waals surface area contributed by atoms with Crippen molar-refractivity contribution in [2.45, 2.75) is 12.8 Å². The van der Waals surface area contributed by atoms with Crippen LogP contribution in [0.5, 0.6) is 0 Å². The SMILES string of the molecule is C=C.C=C(OC)C1=CN(CCOC)C=C(C(=O)OC)C1c1ccccc1C. The highest BCUT2D eigenvalue weighted by Gasteiger charge is 2.33. The number of ether oxygens (including phenoxy) is 3. The van der Waals surface area contributed by atoms with Gasteiger partial charge in [0.05, 0.1) is 26.4 Å². The summed E-state index contributed by atoms with van der Waals surface area (Å²) in [6.45, 7) is 13.2. The molecule has 0 aromatic heterocycles. The van der Waals surface area contributed by atoms with E-state index in [1.165, 1.54) is 7.11 Å². The molecule has 1 atom stereocenters. The molecule has 0 amide bonds. The Labute approximate surface area is 162 Å². The maximum Gasteiger partial charge on any atom is 0.336 e. The average Bonchev–Trinajstić information content (AvgIpc) is 2.72. The molecule has 1 unspecified atom stereocenters. The van der Waals surface area contributed by atoms with Gasteiger partial charge in [-0.15, -0.1) is 13.2 Å². The summed E-state index contributed by atoms with van der Waals surface area (Å²) in [7, 11) is 4.61. The predicted octanol–water partition coefficient (Wildman–Crippen LogP) is 3.94. The molecule has 1 aromatic carbocycles. The normalized spacial score (nSPS) is 15.7. The highest BCUT2D eigenvalue weighted by molar-refractivity contribution is 5.92. The van der Waals surface area contributed by atoms with Crippen molar-refractivity contribution >= 4 is 5.97 Å². The Bertz CT molecular complexity index is 687. The Hall–Kier alpha value is -2.79. The summed E-state index contributed by atoms with van der Waals surface area (Å²) >= 11 is 0. The molecule has 0 spiro atoms. The van der Waals surface area contributed by atoms with E-state index in [-0.39, 0.29) is 11.9 Å². The van der Waals surface area contributed by atoms with Crippen LogP contribution >= 0.6 is 0 Å². The number of carbonyl (C=O) groups is 1. The van der Waals surface area contributed by atoms with Crippen LogP contribution in [0.15, 0.2) is 73.3 Å². The van der Waals surface area contributed by atoms with Crippen LogP contribution in [-0.2, 0) is 19.0 Å². The van der Waals surface area contributed by atoms with E-state index in [1.807, 2.05) is 48.5 Å². The van der Waals surface area contributed by atoms with Gasteiger partial charge in [-0.25, -0.2) is 4.79 Å². The zero-order valence-electron chi connectivity index (χ0n) is 16.7. The maximum absolute atomic E-state index is 12.5. The lowest BCUT2D eigenvalue weighted by Gasteiger charge is -2.32. The third-order valence-electron chi connectivity index (χ3n) is 4.27. The second kappa shape index (κ2) is 11.0. The zero-order valence-corrected chi connectivity index (χ0v) is 16.7. The van der Waals surface area contributed by atoms with Crippen molar-refractivity contribution in [2.75, 3.05) is 34.5 Å². The van der Waals surface area contributed by atoms with Crippen molar-refractivity contribution in [2.24, 2.45) is 0 Å². The van der Waals surface area contributed by atoms with Gasteiger partial charge >= 0.3 is 5.97 Å². The maximum atomic E-state index is 12.5. The first-order valence-corrected chi connectivity index (χ1v) is 8.58. The summed E-state index contributed by atoms with van der Waals surface area (Å²) in [5.74, 6) is -0.143. The zero-order chi connectivity index (χ0) is 20.4. The first-order valence-electron chi connectivity index (χ1n) is 8.58. The van der Waals surface area contributed by atoms with Gasteiger partial charge in [0.2, 0.25) is 0 Å². The minimum absolute atomic E-state index is 0.292. The lowest BCUT2D eigenvalue weighted by atomic mass is 9.81. The molecule has 5 heteroatoms. The van der Waals surface area contributed by atoms with Crippen LogP contribution in [0.1, 0.15) is 17.0 Å². The van der Waals surface area contributed by atoms with Crippen LogP contribution in [0, 0.1) is 6.92 Å². The number of hydrogen-bond acceptors (Lipinski definition) is 5. The number of allylic oxidation sites excluding steroid dienone is 1. The Morgan fingerprint density at radius 3 is 2.26 bits per heavy atom. The fourth-order valence-corrected chi connectivity index (χ4v) is 2.92. The number of rotatable bonds is 7. The number of esters is 1. The largest absolute Gasteiger partial charge is 0.497 e. The van der Waals surface area contributed by atoms with Gasteiger partial charge in [0.1, 0.15) is 5.76 Å². The predicted molar refractivity (Wildman–Crippen MR) is 108 cm³/mol. The van der Waals surface area contributed by atoms with Crippen molar-refractivity contribution in [1.29, 1.82) is 0 Å². The summed E-state index contributed by atoms with van der Waals surface area (Å²) in [5, 5.41) is 0. The Morgan fingerprint density at radius 1 is 1.07 bits per heavy atom. The summed E-state index contributed by atoms with van der Waals surface area (Å²) in [6, 6.07) is 7.97. The van der Waals surface area contributed by atoms with E-state index in [4.69, 9.17) is 14.2 Å². The molecular formula is C22H29NO4. The van der Waals surface area contributed by atoms with Crippen LogP contribution in [0.3, 0.4) is 0 Å². The van der Waals surface area contributed by atoms with Crippen LogP contribution < -0.4 is 0 Å². The monoisotopic (exact) mass is 371 g/mol. The van der Waals surface area contributed by atoms with E-state index in [9.17, 15) is 4.79 Å². The fourth-order valence-electron chi connectivity index (χ4n) is 2.92. The lowest BCUT2D eigenvalue weighted by molar-refractivity contribution is -0.136. The van der Waals surface area contributed by atoms with E-state index >= 15 is 0 Å². The van der Waals surface area contributed by atoms with Gasteiger partial charge < -0.3 is 19.1 Å². The molecule has 0 fully saturated rings. The van der Waals surface area contributed by atoms with Gasteiger partial charge in [-0.3, -0.25) is 0 Å². The molecule has 0 bridgehead atoms. The molecule has 0 radical (unpaired) electrons. The smallest absolute Gasteiger partial charge is 0.336 e. The molecule has 1 heterocycles. The van der Waals surface area contributed by atoms with Gasteiger partial charge in [-0.2, -0.15) is 0 Å². The topological polar surface area (TPSA) is 48.0 Å². The molecule has 146 valence electrons. The van der Waals surface area contributed by atoms with E-state index in [1.54, 1.807) is 14.2 Å². The molecule has 2 rings (SSSR count). The van der Waals surface area contributed by atoms with E-state index in [0.717, 1.165) is 16.7 Å². The van der Waals surface area contributed by atoms with Crippen molar-refractivity contribution < 1.29 is 19.0 Å². The average molecular weight is 371 g/mol. The molecule has 1 aromatic rings. The second-order valence-corrected chi connectivity index (χ2v) is 5.81. The number of benzene rings is 1. The van der Waals surface area contributed by atoms with Gasteiger partial charge in [0.25, 0.3) is 0 Å². The molecule has 0 saturated heterocycles. The van der Waals surface area contributed by atoms with Crippen LogP contribution in [0.25, 0.3) is 0 Å². The van der Waals surface area contributed by atoms with Gasteiger partial charge in [0, 0.05) is 37.5 Å². The van der Waals surface area contributed by atoms with Gasteiger partial charge in [-0.1, -0.05) is 30.8 Å². The van der Waals surface area contributed by atoms with Crippen molar-refractivity contribution in [3.05, 3.63) is 84.4 Å². The van der Waals surface area contributed by atoms with Crippen molar-refractivity contribution in [1.82, 2.24) is 4.90 Å². The number of aryl methyl sites for hydroxylation is 1. The Kier molecular flexibility index (Phi) is 9.09. The summed E-state index contributed by atoms with van der Waals surface area (Å²) in [6.07, 6.45) is 3.77. The number of nitrogens with zero attached hydrogens (tertiary/aromatic N) is 1. The van der Waals surface area contributed by atoms with Gasteiger partial charge in [0.15, 0.2) is 0 Å². The Balaban J connectivity index is 0.00000176. The van der Waals surface area contributed by atoms with Crippen LogP contribution in [0.4, 0.5) is 0 Å². The molecule has 0 aliphatic carbocycles. The minimum atomic E-state index is -0.370. The third-order valence-corrected chi connectivity index (χ3v) is 4.27. The summed E-state index contributed by atoms with van der Waals surface area (Å²) in [5.41, 5.74) is 3.48. The van der Waals surface area contributed by atoms with E-state index in [0.29, 0.717) is 24.5 Å². The Morgan fingerprint density at radius 2 is 1.70 bits per heavy atom. The highest BCUT2D eigenvalue weighted by atomic mass is 16.5. The van der Waals surface area contributed by atoms with Crippen LogP contribution in [-0.4, -0.2) is 45.4 Å². The molecule has 0 N–H and O–H groups in total. The second-order valence-electron chi connectivity index (χ2n) is 5.81. The lowest BCUT2D eigenvalue weighted by Crippen LogP contribution is -2.28. The van der Waals surface area contributed by atoms with Crippen molar-refractivity contribution in [3.8, 4) is 0 Å². The first-order chi connectivity index (χ1) is 13.0. The number of methoxy groups -OCH3 is 3.